The lowest BCUT2D eigenvalue weighted by atomic mass is 10.2. The monoisotopic (exact) mass is 352 g/mol. The van der Waals surface area contributed by atoms with Gasteiger partial charge < -0.3 is 19.4 Å². The molecule has 6 heteroatoms. The predicted molar refractivity (Wildman–Crippen MR) is 97.7 cm³/mol. The summed E-state index contributed by atoms with van der Waals surface area (Å²) in [4.78, 5) is 26.5. The molecule has 1 aromatic rings. The summed E-state index contributed by atoms with van der Waals surface area (Å²) in [6, 6.07) is 1.77. The second-order valence-electron chi connectivity index (χ2n) is 6.27. The molecule has 0 radical (unpaired) electrons. The maximum Gasteiger partial charge on any atom is 0.257 e. The number of carbonyl (C=O) groups excluding carboxylic acids is 2. The summed E-state index contributed by atoms with van der Waals surface area (Å²) in [6.45, 7) is 8.06. The smallest absolute Gasteiger partial charge is 0.257 e. The molecular formula is C19H32N2O4. The maximum absolute atomic E-state index is 12.8. The molecule has 1 N–H and O–H groups in total. The highest BCUT2D eigenvalue weighted by molar-refractivity contribution is 5.95. The zero-order chi connectivity index (χ0) is 18.7. The van der Waals surface area contributed by atoms with E-state index in [1.807, 2.05) is 6.92 Å². The van der Waals surface area contributed by atoms with Crippen molar-refractivity contribution < 1.29 is 18.7 Å². The molecule has 1 heterocycles. The van der Waals surface area contributed by atoms with Gasteiger partial charge in [0.2, 0.25) is 5.91 Å². The van der Waals surface area contributed by atoms with E-state index in [0.717, 1.165) is 31.4 Å². The minimum Gasteiger partial charge on any atom is -0.466 e. The van der Waals surface area contributed by atoms with Crippen LogP contribution in [0.3, 0.4) is 0 Å². The predicted octanol–water partition coefficient (Wildman–Crippen LogP) is 3.07. The van der Waals surface area contributed by atoms with E-state index in [1.54, 1.807) is 25.0 Å². The Bertz CT molecular complexity index is 540. The number of furan rings is 1. The van der Waals surface area contributed by atoms with Crippen LogP contribution in [-0.2, 0) is 9.53 Å². The normalized spacial score (nSPS) is 10.7. The van der Waals surface area contributed by atoms with Crippen molar-refractivity contribution in [2.75, 3.05) is 33.4 Å². The fourth-order valence-corrected chi connectivity index (χ4v) is 2.65. The molecule has 0 bridgehead atoms. The second kappa shape index (κ2) is 11.7. The van der Waals surface area contributed by atoms with Gasteiger partial charge in [0.25, 0.3) is 5.91 Å². The molecule has 0 fully saturated rings. The first-order chi connectivity index (χ1) is 12.0. The molecule has 0 atom stereocenters. The number of nitrogens with one attached hydrogen (secondary N) is 1. The topological polar surface area (TPSA) is 71.8 Å². The molecule has 6 nitrogen and oxygen atoms in total. The number of methoxy groups -OCH3 is 1. The molecule has 0 aliphatic carbocycles. The van der Waals surface area contributed by atoms with Gasteiger partial charge in [-0.1, -0.05) is 19.8 Å². The van der Waals surface area contributed by atoms with Crippen molar-refractivity contribution in [3.8, 4) is 0 Å². The third kappa shape index (κ3) is 7.73. The van der Waals surface area contributed by atoms with Crippen LogP contribution in [-0.4, -0.2) is 50.1 Å². The van der Waals surface area contributed by atoms with E-state index in [9.17, 15) is 9.59 Å². The lowest BCUT2D eigenvalue weighted by Crippen LogP contribution is -2.36. The van der Waals surface area contributed by atoms with Crippen LogP contribution in [0.2, 0.25) is 0 Å². The summed E-state index contributed by atoms with van der Waals surface area (Å²) in [5, 5.41) is 2.86. The van der Waals surface area contributed by atoms with Crippen LogP contribution in [0.1, 0.15) is 60.9 Å². The van der Waals surface area contributed by atoms with Crippen LogP contribution in [0, 0.1) is 13.8 Å². The summed E-state index contributed by atoms with van der Waals surface area (Å²) < 4.78 is 10.4. The van der Waals surface area contributed by atoms with Crippen molar-refractivity contribution in [1.29, 1.82) is 0 Å². The zero-order valence-corrected chi connectivity index (χ0v) is 16.0. The maximum atomic E-state index is 12.8. The van der Waals surface area contributed by atoms with Crippen molar-refractivity contribution in [2.24, 2.45) is 0 Å². The molecule has 0 aliphatic rings. The Morgan fingerprint density at radius 2 is 1.96 bits per heavy atom. The van der Waals surface area contributed by atoms with Crippen molar-refractivity contribution in [2.45, 2.75) is 52.9 Å². The number of carbonyl (C=O) groups is 2. The number of amides is 2. The highest BCUT2D eigenvalue weighted by Gasteiger charge is 2.20. The average Bonchev–Trinajstić information content (AvgIpc) is 2.92. The molecule has 142 valence electrons. The molecule has 0 aromatic carbocycles. The third-order valence-corrected chi connectivity index (χ3v) is 4.05. The largest absolute Gasteiger partial charge is 0.466 e. The molecule has 1 rings (SSSR count). The van der Waals surface area contributed by atoms with Gasteiger partial charge in [-0.3, -0.25) is 9.59 Å². The number of nitrogens with zero attached hydrogens (tertiary/aromatic N) is 1. The Morgan fingerprint density at radius 1 is 1.20 bits per heavy atom. The molecular weight excluding hydrogens is 320 g/mol. The second-order valence-corrected chi connectivity index (χ2v) is 6.27. The van der Waals surface area contributed by atoms with Gasteiger partial charge in [0.05, 0.1) is 5.56 Å². The van der Waals surface area contributed by atoms with E-state index < -0.39 is 0 Å². The van der Waals surface area contributed by atoms with E-state index in [1.165, 1.54) is 0 Å². The lowest BCUT2D eigenvalue weighted by Gasteiger charge is -2.22. The quantitative estimate of drug-likeness (QED) is 0.587. The van der Waals surface area contributed by atoms with Gasteiger partial charge in [-0.15, -0.1) is 0 Å². The first-order valence-corrected chi connectivity index (χ1v) is 9.11. The number of rotatable bonds is 12. The molecule has 1 aromatic heterocycles. The average molecular weight is 352 g/mol. The van der Waals surface area contributed by atoms with Crippen LogP contribution in [0.15, 0.2) is 10.5 Å². The summed E-state index contributed by atoms with van der Waals surface area (Å²) in [5.41, 5.74) is 0.592. The Morgan fingerprint density at radius 3 is 2.56 bits per heavy atom. The van der Waals surface area contributed by atoms with Gasteiger partial charge in [0, 0.05) is 39.8 Å². The molecule has 0 saturated carbocycles. The molecule has 0 aliphatic heterocycles. The molecule has 0 unspecified atom stereocenters. The zero-order valence-electron chi connectivity index (χ0n) is 16.0. The van der Waals surface area contributed by atoms with Gasteiger partial charge in [-0.05, 0) is 32.8 Å². The van der Waals surface area contributed by atoms with E-state index in [4.69, 9.17) is 9.15 Å². The van der Waals surface area contributed by atoms with Gasteiger partial charge in [-0.25, -0.2) is 0 Å². The van der Waals surface area contributed by atoms with Crippen molar-refractivity contribution in [3.63, 3.8) is 0 Å². The minimum absolute atomic E-state index is 0.0375. The highest BCUT2D eigenvalue weighted by atomic mass is 16.5. The van der Waals surface area contributed by atoms with Gasteiger partial charge in [-0.2, -0.15) is 0 Å². The van der Waals surface area contributed by atoms with Gasteiger partial charge in [0.1, 0.15) is 11.5 Å². The Labute approximate surface area is 150 Å². The first-order valence-electron chi connectivity index (χ1n) is 9.11. The van der Waals surface area contributed by atoms with Crippen LogP contribution >= 0.6 is 0 Å². The van der Waals surface area contributed by atoms with Crippen LogP contribution in [0.4, 0.5) is 0 Å². The highest BCUT2D eigenvalue weighted by Crippen LogP contribution is 2.17. The van der Waals surface area contributed by atoms with Crippen molar-refractivity contribution in [1.82, 2.24) is 10.2 Å². The SMILES string of the molecule is CCCCCN(CCC(=O)NCCCOC)C(=O)c1cc(C)oc1C. The number of aryl methyl sites for hydroxylation is 2. The summed E-state index contributed by atoms with van der Waals surface area (Å²) in [7, 11) is 1.64. The van der Waals surface area contributed by atoms with E-state index >= 15 is 0 Å². The Hall–Kier alpha value is -1.82. The van der Waals surface area contributed by atoms with Crippen molar-refractivity contribution in [3.05, 3.63) is 23.2 Å². The molecule has 25 heavy (non-hydrogen) atoms. The molecule has 0 saturated heterocycles. The standard InChI is InChI=1S/C19H32N2O4/c1-5-6-7-11-21(12-9-18(22)20-10-8-13-24-4)19(23)17-14-15(2)25-16(17)3/h14H,5-13H2,1-4H3,(H,20,22). The molecule has 0 spiro atoms. The Balaban J connectivity index is 2.59. The summed E-state index contributed by atoms with van der Waals surface area (Å²) in [5.74, 6) is 1.26. The lowest BCUT2D eigenvalue weighted by molar-refractivity contribution is -0.121. The summed E-state index contributed by atoms with van der Waals surface area (Å²) >= 11 is 0. The van der Waals surface area contributed by atoms with Crippen molar-refractivity contribution >= 4 is 11.8 Å². The number of hydrogen-bond donors (Lipinski definition) is 1. The number of unbranched alkanes of at least 4 members (excludes halogenated alkanes) is 2. The van der Waals surface area contributed by atoms with Crippen LogP contribution in [0.25, 0.3) is 0 Å². The van der Waals surface area contributed by atoms with Gasteiger partial charge in [0.15, 0.2) is 0 Å². The fourth-order valence-electron chi connectivity index (χ4n) is 2.65. The third-order valence-electron chi connectivity index (χ3n) is 4.05. The van der Waals surface area contributed by atoms with Gasteiger partial charge >= 0.3 is 0 Å². The van der Waals surface area contributed by atoms with E-state index in [-0.39, 0.29) is 11.8 Å². The fraction of sp³-hybridized carbons (Fsp3) is 0.684. The van der Waals surface area contributed by atoms with Crippen LogP contribution < -0.4 is 5.32 Å². The first kappa shape index (κ1) is 21.2. The minimum atomic E-state index is -0.0577. The number of ether oxygens (including phenoxy) is 1. The van der Waals surface area contributed by atoms with Crippen LogP contribution in [0.5, 0.6) is 0 Å². The molecule has 2 amide bonds. The summed E-state index contributed by atoms with van der Waals surface area (Å²) in [6.07, 6.45) is 4.19. The van der Waals surface area contributed by atoms with E-state index in [2.05, 4.69) is 12.2 Å². The Kier molecular flexibility index (Phi) is 9.92. The van der Waals surface area contributed by atoms with E-state index in [0.29, 0.717) is 44.0 Å². The number of hydrogen-bond acceptors (Lipinski definition) is 4.